The molecule has 1 fully saturated rings. The zero-order valence-electron chi connectivity index (χ0n) is 8.92. The number of rotatable bonds is 3. The van der Waals surface area contributed by atoms with Crippen molar-refractivity contribution in [1.29, 1.82) is 0 Å². The van der Waals surface area contributed by atoms with E-state index >= 15 is 0 Å². The van der Waals surface area contributed by atoms with Crippen LogP contribution >= 0.6 is 0 Å². The van der Waals surface area contributed by atoms with Crippen molar-refractivity contribution in [3.05, 3.63) is 0 Å². The molecule has 0 aromatic heterocycles. The van der Waals surface area contributed by atoms with Crippen LogP contribution in [0.2, 0.25) is 0 Å². The van der Waals surface area contributed by atoms with Crippen LogP contribution in [0.15, 0.2) is 0 Å². The Morgan fingerprint density at radius 1 is 1.36 bits per heavy atom. The van der Waals surface area contributed by atoms with Crippen LogP contribution in [0, 0.1) is 5.92 Å². The van der Waals surface area contributed by atoms with Gasteiger partial charge in [0, 0.05) is 11.5 Å². The molecule has 1 aliphatic rings. The molecule has 0 bridgehead atoms. The molecule has 4 heteroatoms. The first-order chi connectivity index (χ1) is 6.38. The fourth-order valence-electron chi connectivity index (χ4n) is 1.00. The molecule has 80 valence electrons. The third-order valence-corrected chi connectivity index (χ3v) is 1.86. The number of hydrogen-bond donors (Lipinski definition) is 1. The van der Waals surface area contributed by atoms with Gasteiger partial charge in [-0.1, -0.05) is 0 Å². The molecule has 0 spiro atoms. The average Bonchev–Trinajstić information content (AvgIpc) is 2.78. The van der Waals surface area contributed by atoms with Crippen LogP contribution in [0.25, 0.3) is 0 Å². The fourth-order valence-corrected chi connectivity index (χ4v) is 1.00. The Hall–Kier alpha value is -1.06. The number of ether oxygens (including phenoxy) is 1. The Morgan fingerprint density at radius 3 is 2.36 bits per heavy atom. The lowest BCUT2D eigenvalue weighted by Gasteiger charge is -2.19. The molecule has 0 atom stereocenters. The Balaban J connectivity index is 2.17. The number of ketones is 1. The maximum atomic E-state index is 11.2. The molecule has 0 aromatic carbocycles. The molecular formula is C10H17NO3. The van der Waals surface area contributed by atoms with Gasteiger partial charge in [0.25, 0.3) is 0 Å². The van der Waals surface area contributed by atoms with Crippen LogP contribution in [0.4, 0.5) is 4.79 Å². The topological polar surface area (TPSA) is 55.4 Å². The molecule has 1 N–H and O–H groups in total. The van der Waals surface area contributed by atoms with Crippen LogP contribution in [0.5, 0.6) is 0 Å². The van der Waals surface area contributed by atoms with Crippen LogP contribution in [-0.4, -0.2) is 24.0 Å². The highest BCUT2D eigenvalue weighted by molar-refractivity contribution is 5.86. The molecule has 0 heterocycles. The number of nitrogens with one attached hydrogen (secondary N) is 1. The van der Waals surface area contributed by atoms with E-state index in [0.717, 1.165) is 12.8 Å². The lowest BCUT2D eigenvalue weighted by Crippen LogP contribution is -2.41. The van der Waals surface area contributed by atoms with Gasteiger partial charge in [0.1, 0.15) is 0 Å². The Morgan fingerprint density at radius 2 is 1.93 bits per heavy atom. The first-order valence-corrected chi connectivity index (χ1v) is 4.86. The number of amides is 1. The molecule has 14 heavy (non-hydrogen) atoms. The first-order valence-electron chi connectivity index (χ1n) is 4.86. The quantitative estimate of drug-likeness (QED) is 0.749. The highest BCUT2D eigenvalue weighted by Gasteiger charge is 2.30. The summed E-state index contributed by atoms with van der Waals surface area (Å²) in [5.41, 5.74) is -0.320. The Labute approximate surface area is 84.0 Å². The fraction of sp³-hybridized carbons (Fsp3) is 0.800. The van der Waals surface area contributed by atoms with Crippen LogP contribution < -0.4 is 5.32 Å². The zero-order chi connectivity index (χ0) is 10.8. The summed E-state index contributed by atoms with van der Waals surface area (Å²) in [5, 5.41) is 2.62. The molecule has 0 unspecified atom stereocenters. The van der Waals surface area contributed by atoms with Gasteiger partial charge in [-0.2, -0.15) is 0 Å². The summed E-state index contributed by atoms with van der Waals surface area (Å²) in [4.78, 5) is 22.3. The third-order valence-electron chi connectivity index (χ3n) is 1.86. The van der Waals surface area contributed by atoms with Gasteiger partial charge in [0.15, 0.2) is 12.4 Å². The summed E-state index contributed by atoms with van der Waals surface area (Å²) in [6, 6.07) is 0. The van der Waals surface area contributed by atoms with Crippen molar-refractivity contribution in [2.45, 2.75) is 39.2 Å². The van der Waals surface area contributed by atoms with Crippen molar-refractivity contribution in [1.82, 2.24) is 5.32 Å². The minimum absolute atomic E-state index is 0.0362. The number of carbonyl (C=O) groups is 2. The minimum Gasteiger partial charge on any atom is -0.442 e. The molecule has 0 saturated heterocycles. The number of carbonyl (C=O) groups excluding carboxylic acids is 2. The normalized spacial score (nSPS) is 16.2. The second-order valence-electron chi connectivity index (χ2n) is 4.69. The Bertz CT molecular complexity index is 238. The molecule has 0 radical (unpaired) electrons. The van der Waals surface area contributed by atoms with Crippen molar-refractivity contribution in [2.75, 3.05) is 6.61 Å². The van der Waals surface area contributed by atoms with E-state index in [2.05, 4.69) is 5.32 Å². The standard InChI is InChI=1S/C10H17NO3/c1-10(2,3)11-9(13)14-6-8(12)7-4-5-7/h7H,4-6H2,1-3H3,(H,11,13). The highest BCUT2D eigenvalue weighted by Crippen LogP contribution is 2.29. The van der Waals surface area contributed by atoms with Gasteiger partial charge in [-0.3, -0.25) is 4.79 Å². The van der Waals surface area contributed by atoms with E-state index in [1.807, 2.05) is 20.8 Å². The van der Waals surface area contributed by atoms with Gasteiger partial charge in [-0.25, -0.2) is 4.79 Å². The predicted octanol–water partition coefficient (Wildman–Crippen LogP) is 1.49. The number of Topliss-reactive ketones (excluding diaryl/α,β-unsaturated/α-hetero) is 1. The summed E-state index contributed by atoms with van der Waals surface area (Å²) >= 11 is 0. The molecule has 1 amide bonds. The second-order valence-corrected chi connectivity index (χ2v) is 4.69. The zero-order valence-corrected chi connectivity index (χ0v) is 8.92. The van der Waals surface area contributed by atoms with Gasteiger partial charge < -0.3 is 10.1 Å². The largest absolute Gasteiger partial charge is 0.442 e. The minimum atomic E-state index is -0.522. The predicted molar refractivity (Wildman–Crippen MR) is 52.0 cm³/mol. The van der Waals surface area contributed by atoms with Crippen LogP contribution in [-0.2, 0) is 9.53 Å². The SMILES string of the molecule is CC(C)(C)NC(=O)OCC(=O)C1CC1. The summed E-state index contributed by atoms with van der Waals surface area (Å²) in [6.45, 7) is 5.48. The van der Waals surface area contributed by atoms with Gasteiger partial charge in [0.2, 0.25) is 0 Å². The third kappa shape index (κ3) is 4.25. The van der Waals surface area contributed by atoms with Crippen molar-refractivity contribution in [3.8, 4) is 0 Å². The maximum Gasteiger partial charge on any atom is 0.407 e. The van der Waals surface area contributed by atoms with Crippen molar-refractivity contribution < 1.29 is 14.3 Å². The van der Waals surface area contributed by atoms with E-state index in [0.29, 0.717) is 0 Å². The molecular weight excluding hydrogens is 182 g/mol. The van der Waals surface area contributed by atoms with E-state index in [9.17, 15) is 9.59 Å². The second kappa shape index (κ2) is 3.98. The van der Waals surface area contributed by atoms with E-state index < -0.39 is 6.09 Å². The maximum absolute atomic E-state index is 11.2. The van der Waals surface area contributed by atoms with E-state index in [4.69, 9.17) is 4.74 Å². The molecule has 1 rings (SSSR count). The van der Waals surface area contributed by atoms with Crippen LogP contribution in [0.3, 0.4) is 0 Å². The molecule has 1 saturated carbocycles. The monoisotopic (exact) mass is 199 g/mol. The van der Waals surface area contributed by atoms with E-state index in [-0.39, 0.29) is 23.8 Å². The summed E-state index contributed by atoms with van der Waals surface area (Å²) < 4.78 is 4.78. The van der Waals surface area contributed by atoms with Crippen molar-refractivity contribution in [3.63, 3.8) is 0 Å². The molecule has 0 aromatic rings. The van der Waals surface area contributed by atoms with Gasteiger partial charge in [-0.15, -0.1) is 0 Å². The molecule has 4 nitrogen and oxygen atoms in total. The lowest BCUT2D eigenvalue weighted by atomic mass is 10.1. The number of alkyl carbamates (subject to hydrolysis) is 1. The van der Waals surface area contributed by atoms with E-state index in [1.165, 1.54) is 0 Å². The average molecular weight is 199 g/mol. The van der Waals surface area contributed by atoms with Gasteiger partial charge in [-0.05, 0) is 33.6 Å². The highest BCUT2D eigenvalue weighted by atomic mass is 16.6. The summed E-state index contributed by atoms with van der Waals surface area (Å²) in [7, 11) is 0. The number of hydrogen-bond acceptors (Lipinski definition) is 3. The lowest BCUT2D eigenvalue weighted by molar-refractivity contribution is -0.123. The van der Waals surface area contributed by atoms with Crippen molar-refractivity contribution >= 4 is 11.9 Å². The van der Waals surface area contributed by atoms with Crippen molar-refractivity contribution in [2.24, 2.45) is 5.92 Å². The van der Waals surface area contributed by atoms with Gasteiger partial charge >= 0.3 is 6.09 Å². The van der Waals surface area contributed by atoms with E-state index in [1.54, 1.807) is 0 Å². The van der Waals surface area contributed by atoms with Gasteiger partial charge in [0.05, 0.1) is 0 Å². The molecule has 1 aliphatic carbocycles. The first kappa shape index (κ1) is 11.0. The summed E-state index contributed by atoms with van der Waals surface area (Å²) in [5.74, 6) is 0.187. The Kier molecular flexibility index (Phi) is 3.13. The smallest absolute Gasteiger partial charge is 0.407 e. The van der Waals surface area contributed by atoms with Crippen LogP contribution in [0.1, 0.15) is 33.6 Å². The summed E-state index contributed by atoms with van der Waals surface area (Å²) in [6.07, 6.45) is 1.37. The molecule has 0 aliphatic heterocycles.